The fourth-order valence-corrected chi connectivity index (χ4v) is 3.08. The number of nitro groups is 1. The van der Waals surface area contributed by atoms with Gasteiger partial charge in [0, 0.05) is 39.0 Å². The third kappa shape index (κ3) is 6.77. The quantitative estimate of drug-likeness (QED) is 0.256. The smallest absolute Gasteiger partial charge is 0.271 e. The molecule has 2 amide bonds. The van der Waals surface area contributed by atoms with Crippen LogP contribution in [0.5, 0.6) is 5.75 Å². The highest BCUT2D eigenvalue weighted by atomic mass is 35.5. The van der Waals surface area contributed by atoms with Crippen LogP contribution >= 0.6 is 23.2 Å². The Balaban J connectivity index is 1.61. The lowest BCUT2D eigenvalue weighted by atomic mass is 10.2. The van der Waals surface area contributed by atoms with Crippen molar-refractivity contribution in [1.82, 2.24) is 5.43 Å². The van der Waals surface area contributed by atoms with Crippen molar-refractivity contribution in [2.45, 2.75) is 6.92 Å². The number of hydrazone groups is 1. The van der Waals surface area contributed by atoms with E-state index in [1.807, 2.05) is 6.92 Å². The number of nitro benzene ring substituents is 1. The lowest BCUT2D eigenvalue weighted by Gasteiger charge is -2.10. The SMILES string of the molecule is Cc1ccc(NC(=O)COc2ccc(Cl)cc2/C=N/NC(=O)c2ccc([N+](=O)[O-])cc2)cc1Cl. The molecular formula is C23H18Cl2N4O5. The maximum absolute atomic E-state index is 12.2. The average molecular weight is 501 g/mol. The van der Waals surface area contributed by atoms with Crippen LogP contribution in [-0.4, -0.2) is 29.6 Å². The number of benzene rings is 3. The second-order valence-corrected chi connectivity index (χ2v) is 7.83. The summed E-state index contributed by atoms with van der Waals surface area (Å²) in [5.41, 5.74) is 4.23. The third-order valence-corrected chi connectivity index (χ3v) is 5.14. The van der Waals surface area contributed by atoms with Gasteiger partial charge >= 0.3 is 0 Å². The van der Waals surface area contributed by atoms with Crippen molar-refractivity contribution < 1.29 is 19.2 Å². The highest BCUT2D eigenvalue weighted by Gasteiger charge is 2.10. The highest BCUT2D eigenvalue weighted by Crippen LogP contribution is 2.22. The Hall–Kier alpha value is -3.95. The van der Waals surface area contributed by atoms with Gasteiger partial charge in [-0.3, -0.25) is 19.7 Å². The Labute approximate surface area is 204 Å². The van der Waals surface area contributed by atoms with E-state index in [4.69, 9.17) is 27.9 Å². The molecule has 0 radical (unpaired) electrons. The Morgan fingerprint density at radius 2 is 1.82 bits per heavy atom. The number of aryl methyl sites for hydroxylation is 1. The molecular weight excluding hydrogens is 483 g/mol. The number of halogens is 2. The molecule has 3 aromatic carbocycles. The Bertz CT molecular complexity index is 1260. The summed E-state index contributed by atoms with van der Waals surface area (Å²) in [6, 6.07) is 14.9. The topological polar surface area (TPSA) is 123 Å². The molecule has 0 saturated carbocycles. The number of hydrogen-bond acceptors (Lipinski definition) is 6. The predicted octanol–water partition coefficient (Wildman–Crippen LogP) is 4.99. The number of hydrogen-bond donors (Lipinski definition) is 2. The van der Waals surface area contributed by atoms with Crippen molar-refractivity contribution in [2.75, 3.05) is 11.9 Å². The summed E-state index contributed by atoms with van der Waals surface area (Å²) < 4.78 is 5.59. The molecule has 34 heavy (non-hydrogen) atoms. The zero-order valence-corrected chi connectivity index (χ0v) is 19.3. The maximum Gasteiger partial charge on any atom is 0.271 e. The minimum absolute atomic E-state index is 0.129. The largest absolute Gasteiger partial charge is 0.483 e. The molecule has 3 rings (SSSR count). The number of anilines is 1. The van der Waals surface area contributed by atoms with Crippen molar-refractivity contribution in [3.8, 4) is 5.75 Å². The summed E-state index contributed by atoms with van der Waals surface area (Å²) in [6.07, 6.45) is 1.31. The molecule has 0 unspecified atom stereocenters. The van der Waals surface area contributed by atoms with E-state index < -0.39 is 16.7 Å². The van der Waals surface area contributed by atoms with Gasteiger partial charge in [-0.2, -0.15) is 5.10 Å². The highest BCUT2D eigenvalue weighted by molar-refractivity contribution is 6.31. The number of nitrogens with one attached hydrogen (secondary N) is 2. The first-order chi connectivity index (χ1) is 16.2. The van der Waals surface area contributed by atoms with Crippen LogP contribution in [-0.2, 0) is 4.79 Å². The van der Waals surface area contributed by atoms with Crippen LogP contribution in [0.2, 0.25) is 10.0 Å². The third-order valence-electron chi connectivity index (χ3n) is 4.50. The Morgan fingerprint density at radius 3 is 2.50 bits per heavy atom. The lowest BCUT2D eigenvalue weighted by Crippen LogP contribution is -2.20. The van der Waals surface area contributed by atoms with Crippen molar-refractivity contribution >= 4 is 52.6 Å². The fraction of sp³-hybridized carbons (Fsp3) is 0.0870. The van der Waals surface area contributed by atoms with Crippen LogP contribution in [0.3, 0.4) is 0 Å². The lowest BCUT2D eigenvalue weighted by molar-refractivity contribution is -0.384. The monoisotopic (exact) mass is 500 g/mol. The molecule has 0 spiro atoms. The molecule has 2 N–H and O–H groups in total. The molecule has 0 aliphatic carbocycles. The molecule has 0 saturated heterocycles. The van der Waals surface area contributed by atoms with E-state index in [1.165, 1.54) is 30.5 Å². The zero-order valence-electron chi connectivity index (χ0n) is 17.7. The Morgan fingerprint density at radius 1 is 1.09 bits per heavy atom. The first-order valence-electron chi connectivity index (χ1n) is 9.79. The average Bonchev–Trinajstić information content (AvgIpc) is 2.81. The van der Waals surface area contributed by atoms with Crippen LogP contribution in [0.15, 0.2) is 65.8 Å². The first kappa shape index (κ1) is 24.7. The van der Waals surface area contributed by atoms with Gasteiger partial charge in [-0.25, -0.2) is 5.43 Å². The minimum atomic E-state index is -0.563. The molecule has 0 fully saturated rings. The second kappa shape index (κ2) is 11.3. The maximum atomic E-state index is 12.2. The van der Waals surface area contributed by atoms with Crippen LogP contribution in [0, 0.1) is 17.0 Å². The molecule has 0 aromatic heterocycles. The van der Waals surface area contributed by atoms with Crippen molar-refractivity contribution in [1.29, 1.82) is 0 Å². The summed E-state index contributed by atoms with van der Waals surface area (Å²) in [6.45, 7) is 1.57. The molecule has 11 heteroatoms. The molecule has 9 nitrogen and oxygen atoms in total. The summed E-state index contributed by atoms with van der Waals surface area (Å²) >= 11 is 12.1. The van der Waals surface area contributed by atoms with E-state index in [1.54, 1.807) is 36.4 Å². The second-order valence-electron chi connectivity index (χ2n) is 6.99. The van der Waals surface area contributed by atoms with Gasteiger partial charge in [-0.05, 0) is 55.0 Å². The van der Waals surface area contributed by atoms with E-state index in [0.717, 1.165) is 5.56 Å². The molecule has 0 bridgehead atoms. The van der Waals surface area contributed by atoms with Gasteiger partial charge in [0.05, 0.1) is 11.1 Å². The van der Waals surface area contributed by atoms with E-state index in [2.05, 4.69) is 15.8 Å². The van der Waals surface area contributed by atoms with Crippen LogP contribution in [0.25, 0.3) is 0 Å². The van der Waals surface area contributed by atoms with Gasteiger partial charge in [0.2, 0.25) is 0 Å². The number of amides is 2. The van der Waals surface area contributed by atoms with E-state index >= 15 is 0 Å². The van der Waals surface area contributed by atoms with Gasteiger partial charge in [0.1, 0.15) is 5.75 Å². The number of carbonyl (C=O) groups is 2. The molecule has 0 aliphatic heterocycles. The minimum Gasteiger partial charge on any atom is -0.483 e. The molecule has 3 aromatic rings. The number of carbonyl (C=O) groups excluding carboxylic acids is 2. The van der Waals surface area contributed by atoms with Crippen molar-refractivity contribution in [3.63, 3.8) is 0 Å². The predicted molar refractivity (Wildman–Crippen MR) is 130 cm³/mol. The van der Waals surface area contributed by atoms with Crippen LogP contribution in [0.1, 0.15) is 21.5 Å². The van der Waals surface area contributed by atoms with Crippen molar-refractivity contribution in [3.05, 3.63) is 97.5 Å². The summed E-state index contributed by atoms with van der Waals surface area (Å²) in [4.78, 5) is 34.6. The zero-order chi connectivity index (χ0) is 24.7. The van der Waals surface area contributed by atoms with Gasteiger partial charge in [-0.15, -0.1) is 0 Å². The molecule has 0 heterocycles. The fourth-order valence-electron chi connectivity index (χ4n) is 2.72. The van der Waals surface area contributed by atoms with Gasteiger partial charge < -0.3 is 10.1 Å². The van der Waals surface area contributed by atoms with E-state index in [0.29, 0.717) is 27.0 Å². The number of non-ortho nitro benzene ring substituents is 1. The van der Waals surface area contributed by atoms with Crippen molar-refractivity contribution in [2.24, 2.45) is 5.10 Å². The standard InChI is InChI=1S/C23H18Cl2N4O5/c1-14-2-6-18(11-20(14)25)27-22(30)13-34-21-9-5-17(24)10-16(21)12-26-28-23(31)15-3-7-19(8-4-15)29(32)33/h2-12H,13H2,1H3,(H,27,30)(H,28,31)/b26-12+. The summed E-state index contributed by atoms with van der Waals surface area (Å²) in [5.74, 6) is -0.647. The molecule has 0 aliphatic rings. The number of rotatable bonds is 8. The number of nitrogens with zero attached hydrogens (tertiary/aromatic N) is 2. The van der Waals surface area contributed by atoms with Crippen LogP contribution in [0.4, 0.5) is 11.4 Å². The Kier molecular flexibility index (Phi) is 8.18. The van der Waals surface area contributed by atoms with Gasteiger partial charge in [0.15, 0.2) is 6.61 Å². The normalized spacial score (nSPS) is 10.7. The molecule has 0 atom stereocenters. The molecule has 174 valence electrons. The van der Waals surface area contributed by atoms with Gasteiger partial charge in [-0.1, -0.05) is 29.3 Å². The van der Waals surface area contributed by atoms with E-state index in [-0.39, 0.29) is 17.9 Å². The number of ether oxygens (including phenoxy) is 1. The summed E-state index contributed by atoms with van der Waals surface area (Å²) in [7, 11) is 0. The first-order valence-corrected chi connectivity index (χ1v) is 10.5. The summed E-state index contributed by atoms with van der Waals surface area (Å²) in [5, 5.41) is 18.2. The van der Waals surface area contributed by atoms with E-state index in [9.17, 15) is 19.7 Å². The van der Waals surface area contributed by atoms with Crippen LogP contribution < -0.4 is 15.5 Å². The van der Waals surface area contributed by atoms with Gasteiger partial charge in [0.25, 0.3) is 17.5 Å².